The van der Waals surface area contributed by atoms with E-state index in [9.17, 15) is 9.59 Å². The second-order valence-electron chi connectivity index (χ2n) is 5.23. The van der Waals surface area contributed by atoms with Crippen molar-refractivity contribution in [3.8, 4) is 5.88 Å². The maximum atomic E-state index is 12.1. The molecule has 1 amide bonds. The van der Waals surface area contributed by atoms with Crippen molar-refractivity contribution in [2.24, 2.45) is 0 Å². The number of anilines is 1. The highest BCUT2D eigenvalue weighted by Crippen LogP contribution is 2.16. The van der Waals surface area contributed by atoms with E-state index in [1.54, 1.807) is 6.20 Å². The molecule has 1 aliphatic heterocycles. The van der Waals surface area contributed by atoms with Crippen molar-refractivity contribution in [2.75, 3.05) is 25.1 Å². The van der Waals surface area contributed by atoms with E-state index in [0.717, 1.165) is 19.4 Å². The van der Waals surface area contributed by atoms with Crippen LogP contribution in [0.5, 0.6) is 5.88 Å². The number of ether oxygens (including phenoxy) is 1. The average molecular weight is 319 g/mol. The number of nitrogens with zero attached hydrogens (tertiary/aromatic N) is 3. The Labute approximate surface area is 131 Å². The summed E-state index contributed by atoms with van der Waals surface area (Å²) in [5, 5.41) is 6.48. The van der Waals surface area contributed by atoms with Gasteiger partial charge in [-0.3, -0.25) is 9.59 Å². The molecule has 9 heteroatoms. The largest absolute Gasteiger partial charge is 0.479 e. The van der Waals surface area contributed by atoms with Crippen LogP contribution in [0.15, 0.2) is 27.8 Å². The molecule has 9 nitrogen and oxygen atoms in total. The molecule has 0 aromatic carbocycles. The Bertz CT molecular complexity index is 741. The fourth-order valence-corrected chi connectivity index (χ4v) is 2.58. The molecule has 2 N–H and O–H groups in total. The normalized spacial score (nSPS) is 17.8. The number of nitrogens with one attached hydrogen (secondary N) is 2. The van der Waals surface area contributed by atoms with Crippen molar-refractivity contribution in [2.45, 2.75) is 18.9 Å². The van der Waals surface area contributed by atoms with Gasteiger partial charge < -0.3 is 24.5 Å². The zero-order chi connectivity index (χ0) is 16.2. The van der Waals surface area contributed by atoms with E-state index >= 15 is 0 Å². The highest BCUT2D eigenvalue weighted by Gasteiger charge is 2.25. The number of aromatic nitrogens is 3. The van der Waals surface area contributed by atoms with E-state index in [-0.39, 0.29) is 29.1 Å². The Balaban J connectivity index is 1.66. The second-order valence-corrected chi connectivity index (χ2v) is 5.23. The fourth-order valence-electron chi connectivity index (χ4n) is 2.58. The number of amides is 1. The van der Waals surface area contributed by atoms with Crippen LogP contribution in [0.4, 0.5) is 5.82 Å². The van der Waals surface area contributed by atoms with Gasteiger partial charge in [-0.1, -0.05) is 0 Å². The van der Waals surface area contributed by atoms with Gasteiger partial charge in [-0.15, -0.1) is 0 Å². The highest BCUT2D eigenvalue weighted by atomic mass is 16.5. The van der Waals surface area contributed by atoms with Gasteiger partial charge in [0.05, 0.1) is 13.2 Å². The summed E-state index contributed by atoms with van der Waals surface area (Å²) in [6.45, 7) is 1.24. The van der Waals surface area contributed by atoms with Crippen LogP contribution >= 0.6 is 0 Å². The van der Waals surface area contributed by atoms with Crippen molar-refractivity contribution < 1.29 is 14.1 Å². The first-order valence-electron chi connectivity index (χ1n) is 7.27. The molecular weight excluding hydrogens is 302 g/mol. The molecule has 3 heterocycles. The van der Waals surface area contributed by atoms with E-state index < -0.39 is 0 Å². The summed E-state index contributed by atoms with van der Waals surface area (Å²) < 4.78 is 9.80. The van der Waals surface area contributed by atoms with Crippen LogP contribution in [0.3, 0.4) is 0 Å². The highest BCUT2D eigenvalue weighted by molar-refractivity contribution is 5.91. The smallest absolute Gasteiger partial charge is 0.290 e. The van der Waals surface area contributed by atoms with Crippen molar-refractivity contribution in [3.63, 3.8) is 0 Å². The minimum Gasteiger partial charge on any atom is -0.479 e. The van der Waals surface area contributed by atoms with Crippen molar-refractivity contribution >= 4 is 11.7 Å². The van der Waals surface area contributed by atoms with Gasteiger partial charge in [-0.2, -0.15) is 0 Å². The van der Waals surface area contributed by atoms with Crippen LogP contribution in [0.1, 0.15) is 23.4 Å². The van der Waals surface area contributed by atoms with E-state index in [4.69, 9.17) is 9.26 Å². The summed E-state index contributed by atoms with van der Waals surface area (Å²) in [5.41, 5.74) is -0.237. The van der Waals surface area contributed by atoms with Crippen LogP contribution in [0.2, 0.25) is 0 Å². The fraction of sp³-hybridized carbons (Fsp3) is 0.429. The predicted octanol–water partition coefficient (Wildman–Crippen LogP) is 0.165. The molecule has 0 spiro atoms. The van der Waals surface area contributed by atoms with Gasteiger partial charge in [0, 0.05) is 31.5 Å². The lowest BCUT2D eigenvalue weighted by atomic mass is 10.1. The Morgan fingerprint density at radius 2 is 2.43 bits per heavy atom. The summed E-state index contributed by atoms with van der Waals surface area (Å²) >= 11 is 0. The standard InChI is InChI=1S/C14H17N5O4/c1-22-11-7-10(23-18-11)13(20)17-9-3-2-6-19(8-9)12-14(21)16-5-4-15-12/h4-5,7,9H,2-3,6,8H2,1H3,(H,16,21)(H,17,20)/t9-/m1/s1. The summed E-state index contributed by atoms with van der Waals surface area (Å²) in [6.07, 6.45) is 4.70. The first-order chi connectivity index (χ1) is 11.2. The molecule has 2 aromatic rings. The third-order valence-corrected chi connectivity index (χ3v) is 3.67. The van der Waals surface area contributed by atoms with Crippen LogP contribution in [-0.2, 0) is 0 Å². The van der Waals surface area contributed by atoms with Gasteiger partial charge in [0.25, 0.3) is 17.3 Å². The zero-order valence-corrected chi connectivity index (χ0v) is 12.6. The van der Waals surface area contributed by atoms with Crippen LogP contribution in [0.25, 0.3) is 0 Å². The molecule has 23 heavy (non-hydrogen) atoms. The first-order valence-corrected chi connectivity index (χ1v) is 7.27. The number of piperidine rings is 1. The number of hydrogen-bond donors (Lipinski definition) is 2. The average Bonchev–Trinajstić information content (AvgIpc) is 3.05. The van der Waals surface area contributed by atoms with Gasteiger partial charge in [0.2, 0.25) is 5.76 Å². The molecule has 2 aromatic heterocycles. The van der Waals surface area contributed by atoms with Crippen molar-refractivity contribution in [1.82, 2.24) is 20.4 Å². The maximum absolute atomic E-state index is 12.1. The lowest BCUT2D eigenvalue weighted by Gasteiger charge is -2.33. The van der Waals surface area contributed by atoms with E-state index in [1.807, 2.05) is 4.90 Å². The number of H-pyrrole nitrogens is 1. The zero-order valence-electron chi connectivity index (χ0n) is 12.6. The molecule has 0 saturated carbocycles. The Kier molecular flexibility index (Phi) is 4.26. The number of rotatable bonds is 4. The van der Waals surface area contributed by atoms with Crippen LogP contribution in [0, 0.1) is 0 Å². The number of carbonyl (C=O) groups excluding carboxylic acids is 1. The topological polar surface area (TPSA) is 113 Å². The quantitative estimate of drug-likeness (QED) is 0.825. The second kappa shape index (κ2) is 6.51. The van der Waals surface area contributed by atoms with Crippen molar-refractivity contribution in [3.05, 3.63) is 34.6 Å². The number of carbonyl (C=O) groups is 1. The lowest BCUT2D eigenvalue weighted by Crippen LogP contribution is -2.49. The molecule has 0 bridgehead atoms. The molecule has 1 fully saturated rings. The van der Waals surface area contributed by atoms with Crippen LogP contribution < -0.4 is 20.5 Å². The summed E-state index contributed by atoms with van der Waals surface area (Å²) in [7, 11) is 1.45. The van der Waals surface area contributed by atoms with Gasteiger partial charge in [0.1, 0.15) is 0 Å². The molecule has 3 rings (SSSR count). The van der Waals surface area contributed by atoms with E-state index in [0.29, 0.717) is 12.4 Å². The van der Waals surface area contributed by atoms with Gasteiger partial charge >= 0.3 is 0 Å². The van der Waals surface area contributed by atoms with Crippen molar-refractivity contribution in [1.29, 1.82) is 0 Å². The molecule has 0 aliphatic carbocycles. The summed E-state index contributed by atoms with van der Waals surface area (Å²) in [6, 6.07) is 1.33. The predicted molar refractivity (Wildman–Crippen MR) is 80.6 cm³/mol. The Morgan fingerprint density at radius 1 is 1.57 bits per heavy atom. The molecule has 122 valence electrons. The number of methoxy groups -OCH3 is 1. The Morgan fingerprint density at radius 3 is 3.17 bits per heavy atom. The molecule has 1 saturated heterocycles. The number of hydrogen-bond acceptors (Lipinski definition) is 7. The van der Waals surface area contributed by atoms with Gasteiger partial charge in [0.15, 0.2) is 5.82 Å². The summed E-state index contributed by atoms with van der Waals surface area (Å²) in [5.74, 6) is 0.352. The van der Waals surface area contributed by atoms with Gasteiger partial charge in [-0.25, -0.2) is 4.98 Å². The third kappa shape index (κ3) is 3.33. The molecule has 1 atom stereocenters. The molecule has 0 radical (unpaired) electrons. The summed E-state index contributed by atoms with van der Waals surface area (Å²) in [4.78, 5) is 32.6. The Hall–Kier alpha value is -2.84. The number of aromatic amines is 1. The minimum atomic E-state index is -0.359. The molecule has 0 unspecified atom stereocenters. The minimum absolute atomic E-state index is 0.0923. The van der Waals surface area contributed by atoms with Gasteiger partial charge in [-0.05, 0) is 18.0 Å². The molecular formula is C14H17N5O4. The van der Waals surface area contributed by atoms with E-state index in [2.05, 4.69) is 20.4 Å². The SMILES string of the molecule is COc1cc(C(=O)N[C@@H]2CCCN(c3ncc[nH]c3=O)C2)on1. The lowest BCUT2D eigenvalue weighted by molar-refractivity contribution is 0.0895. The maximum Gasteiger partial charge on any atom is 0.290 e. The van der Waals surface area contributed by atoms with E-state index in [1.165, 1.54) is 19.4 Å². The molecule has 1 aliphatic rings. The third-order valence-electron chi connectivity index (χ3n) is 3.67. The first kappa shape index (κ1) is 15.1. The monoisotopic (exact) mass is 319 g/mol. The van der Waals surface area contributed by atoms with Crippen LogP contribution in [-0.4, -0.2) is 47.3 Å².